The van der Waals surface area contributed by atoms with Crippen molar-refractivity contribution in [2.75, 3.05) is 5.32 Å². The van der Waals surface area contributed by atoms with Crippen molar-refractivity contribution in [3.63, 3.8) is 0 Å². The Hall–Kier alpha value is -3.00. The summed E-state index contributed by atoms with van der Waals surface area (Å²) in [6, 6.07) is 8.29. The fourth-order valence-corrected chi connectivity index (χ4v) is 3.86. The molecule has 30 heavy (non-hydrogen) atoms. The number of thiophene rings is 1. The van der Waals surface area contributed by atoms with Crippen LogP contribution >= 0.6 is 11.3 Å². The zero-order valence-electron chi connectivity index (χ0n) is 17.9. The SMILES string of the molecule is Cc1nn(C)c2sc(C(=O)OC(C)C(=O)c3ccc(NC(=O)C(C)(C)C)cc3)cc12. The molecule has 7 nitrogen and oxygen atoms in total. The van der Waals surface area contributed by atoms with Gasteiger partial charge in [0, 0.05) is 29.1 Å². The van der Waals surface area contributed by atoms with E-state index in [2.05, 4.69) is 10.4 Å². The van der Waals surface area contributed by atoms with E-state index in [0.717, 1.165) is 15.9 Å². The summed E-state index contributed by atoms with van der Waals surface area (Å²) in [5.41, 5.74) is 1.33. The lowest BCUT2D eigenvalue weighted by atomic mass is 9.95. The largest absolute Gasteiger partial charge is 0.450 e. The average molecular weight is 428 g/mol. The van der Waals surface area contributed by atoms with E-state index in [1.54, 1.807) is 41.9 Å². The monoisotopic (exact) mass is 427 g/mol. The lowest BCUT2D eigenvalue weighted by Crippen LogP contribution is -2.27. The summed E-state index contributed by atoms with van der Waals surface area (Å²) in [5.74, 6) is -0.959. The number of esters is 1. The van der Waals surface area contributed by atoms with E-state index in [-0.39, 0.29) is 11.7 Å². The average Bonchev–Trinajstić information content (AvgIpc) is 3.22. The summed E-state index contributed by atoms with van der Waals surface area (Å²) in [6.07, 6.45) is -0.933. The first-order chi connectivity index (χ1) is 14.0. The van der Waals surface area contributed by atoms with E-state index in [9.17, 15) is 14.4 Å². The maximum absolute atomic E-state index is 12.7. The number of hydrogen-bond acceptors (Lipinski definition) is 6. The highest BCUT2D eigenvalue weighted by atomic mass is 32.1. The van der Waals surface area contributed by atoms with Crippen molar-refractivity contribution >= 4 is 44.9 Å². The fourth-order valence-electron chi connectivity index (χ4n) is 2.85. The number of nitrogens with one attached hydrogen (secondary N) is 1. The van der Waals surface area contributed by atoms with Crippen molar-refractivity contribution in [1.29, 1.82) is 0 Å². The van der Waals surface area contributed by atoms with Crippen LogP contribution in [-0.4, -0.2) is 33.5 Å². The quantitative estimate of drug-likeness (QED) is 0.483. The van der Waals surface area contributed by atoms with Gasteiger partial charge in [0.05, 0.1) is 5.69 Å². The van der Waals surface area contributed by atoms with Crippen molar-refractivity contribution in [2.24, 2.45) is 12.5 Å². The Kier molecular flexibility index (Phi) is 5.81. The van der Waals surface area contributed by atoms with Gasteiger partial charge in [-0.15, -0.1) is 11.3 Å². The van der Waals surface area contributed by atoms with Crippen LogP contribution in [-0.2, 0) is 16.6 Å². The number of ketones is 1. The summed E-state index contributed by atoms with van der Waals surface area (Å²) >= 11 is 1.29. The summed E-state index contributed by atoms with van der Waals surface area (Å²) in [6.45, 7) is 8.90. The number of ether oxygens (including phenoxy) is 1. The van der Waals surface area contributed by atoms with Gasteiger partial charge in [-0.3, -0.25) is 14.3 Å². The van der Waals surface area contributed by atoms with Gasteiger partial charge in [0.2, 0.25) is 11.7 Å². The standard InChI is InChI=1S/C22H25N3O4S/c1-12-16-11-17(30-19(16)25(6)24-12)20(27)29-13(2)18(26)14-7-9-15(10-8-14)23-21(28)22(3,4)5/h7-11,13H,1-6H3,(H,23,28). The molecular weight excluding hydrogens is 402 g/mol. The number of anilines is 1. The predicted octanol–water partition coefficient (Wildman–Crippen LogP) is 4.36. The molecular formula is C22H25N3O4S. The molecule has 0 fully saturated rings. The summed E-state index contributed by atoms with van der Waals surface area (Å²) in [4.78, 5) is 38.5. The minimum atomic E-state index is -0.933. The van der Waals surface area contributed by atoms with E-state index < -0.39 is 17.5 Å². The van der Waals surface area contributed by atoms with Crippen LogP contribution in [0.15, 0.2) is 30.3 Å². The maximum atomic E-state index is 12.7. The van der Waals surface area contributed by atoms with Gasteiger partial charge in [-0.25, -0.2) is 4.79 Å². The Morgan fingerprint density at radius 2 is 1.80 bits per heavy atom. The van der Waals surface area contributed by atoms with E-state index >= 15 is 0 Å². The summed E-state index contributed by atoms with van der Waals surface area (Å²) in [7, 11) is 1.82. The number of nitrogens with zero attached hydrogens (tertiary/aromatic N) is 2. The van der Waals surface area contributed by atoms with Crippen molar-refractivity contribution in [3.05, 3.63) is 46.5 Å². The molecule has 2 heterocycles. The maximum Gasteiger partial charge on any atom is 0.349 e. The fraction of sp³-hybridized carbons (Fsp3) is 0.364. The van der Waals surface area contributed by atoms with Gasteiger partial charge < -0.3 is 10.1 Å². The molecule has 1 aromatic carbocycles. The molecule has 3 rings (SSSR count). The third-order valence-corrected chi connectivity index (χ3v) is 5.84. The first-order valence-corrected chi connectivity index (χ1v) is 10.4. The Bertz CT molecular complexity index is 1090. The van der Waals surface area contributed by atoms with E-state index in [4.69, 9.17) is 4.74 Å². The number of amides is 1. The molecule has 8 heteroatoms. The molecule has 3 aromatic rings. The number of rotatable bonds is 5. The van der Waals surface area contributed by atoms with Gasteiger partial charge in [0.1, 0.15) is 9.71 Å². The number of Topliss-reactive ketones (excluding diaryl/α,β-unsaturated/α-hetero) is 1. The van der Waals surface area contributed by atoms with Crippen LogP contribution < -0.4 is 5.32 Å². The zero-order chi connectivity index (χ0) is 22.2. The van der Waals surface area contributed by atoms with Crippen LogP contribution in [0, 0.1) is 12.3 Å². The van der Waals surface area contributed by atoms with Crippen LogP contribution in [0.25, 0.3) is 10.2 Å². The van der Waals surface area contributed by atoms with Crippen molar-refractivity contribution in [1.82, 2.24) is 9.78 Å². The number of hydrogen-bond donors (Lipinski definition) is 1. The van der Waals surface area contributed by atoms with Gasteiger partial charge in [0.15, 0.2) is 6.10 Å². The van der Waals surface area contributed by atoms with Crippen LogP contribution in [0.1, 0.15) is 53.4 Å². The molecule has 0 aliphatic heterocycles. The number of carbonyl (C=O) groups excluding carboxylic acids is 3. The van der Waals surface area contributed by atoms with Gasteiger partial charge in [-0.05, 0) is 44.2 Å². The topological polar surface area (TPSA) is 90.3 Å². The number of carbonyl (C=O) groups is 3. The molecule has 158 valence electrons. The third kappa shape index (κ3) is 4.43. The molecule has 0 aliphatic rings. The molecule has 0 radical (unpaired) electrons. The van der Waals surface area contributed by atoms with E-state index in [1.807, 2.05) is 34.7 Å². The van der Waals surface area contributed by atoms with Gasteiger partial charge >= 0.3 is 5.97 Å². The highest BCUT2D eigenvalue weighted by Crippen LogP contribution is 2.28. The first-order valence-electron chi connectivity index (χ1n) is 9.57. The number of aryl methyl sites for hydroxylation is 2. The highest BCUT2D eigenvalue weighted by molar-refractivity contribution is 7.20. The summed E-state index contributed by atoms with van der Waals surface area (Å²) in [5, 5.41) is 8.03. The molecule has 1 unspecified atom stereocenters. The second-order valence-corrected chi connectivity index (χ2v) is 9.26. The van der Waals surface area contributed by atoms with Gasteiger partial charge in [-0.2, -0.15) is 5.10 Å². The molecule has 0 saturated heterocycles. The minimum Gasteiger partial charge on any atom is -0.450 e. The first kappa shape index (κ1) is 21.7. The van der Waals surface area contributed by atoms with E-state index in [0.29, 0.717) is 16.1 Å². The van der Waals surface area contributed by atoms with Crippen molar-refractivity contribution < 1.29 is 19.1 Å². The molecule has 0 spiro atoms. The van der Waals surface area contributed by atoms with Crippen molar-refractivity contribution in [3.8, 4) is 0 Å². The Labute approximate surface area is 179 Å². The van der Waals surface area contributed by atoms with Crippen LogP contribution in [0.4, 0.5) is 5.69 Å². The number of aromatic nitrogens is 2. The Morgan fingerprint density at radius 3 is 2.37 bits per heavy atom. The molecule has 0 bridgehead atoms. The Morgan fingerprint density at radius 1 is 1.17 bits per heavy atom. The van der Waals surface area contributed by atoms with Gasteiger partial charge in [-0.1, -0.05) is 20.8 Å². The molecule has 1 amide bonds. The third-order valence-electron chi connectivity index (χ3n) is 4.66. The van der Waals surface area contributed by atoms with Crippen LogP contribution in [0.5, 0.6) is 0 Å². The second kappa shape index (κ2) is 8.02. The van der Waals surface area contributed by atoms with Crippen molar-refractivity contribution in [2.45, 2.75) is 40.7 Å². The van der Waals surface area contributed by atoms with Crippen LogP contribution in [0.2, 0.25) is 0 Å². The molecule has 2 aromatic heterocycles. The number of fused-ring (bicyclic) bond motifs is 1. The highest BCUT2D eigenvalue weighted by Gasteiger charge is 2.24. The Balaban J connectivity index is 1.66. The summed E-state index contributed by atoms with van der Waals surface area (Å²) < 4.78 is 7.12. The molecule has 0 aliphatic carbocycles. The second-order valence-electron chi connectivity index (χ2n) is 8.23. The minimum absolute atomic E-state index is 0.113. The van der Waals surface area contributed by atoms with Gasteiger partial charge in [0.25, 0.3) is 0 Å². The normalized spacial score (nSPS) is 12.6. The lowest BCUT2D eigenvalue weighted by molar-refractivity contribution is -0.123. The van der Waals surface area contributed by atoms with Crippen LogP contribution in [0.3, 0.4) is 0 Å². The lowest BCUT2D eigenvalue weighted by Gasteiger charge is -2.18. The molecule has 1 atom stereocenters. The zero-order valence-corrected chi connectivity index (χ0v) is 18.7. The predicted molar refractivity (Wildman–Crippen MR) is 117 cm³/mol. The molecule has 1 N–H and O–H groups in total. The number of benzene rings is 1. The van der Waals surface area contributed by atoms with E-state index in [1.165, 1.54) is 11.3 Å². The smallest absolute Gasteiger partial charge is 0.349 e. The molecule has 0 saturated carbocycles.